The van der Waals surface area contributed by atoms with Gasteiger partial charge in [0, 0.05) is 30.5 Å². The zero-order valence-electron chi connectivity index (χ0n) is 12.5. The lowest BCUT2D eigenvalue weighted by molar-refractivity contribution is 0.139. The average Bonchev–Trinajstić information content (AvgIpc) is 2.87. The lowest BCUT2D eigenvalue weighted by atomic mass is 10.1. The Kier molecular flexibility index (Phi) is 3.19. The predicted molar refractivity (Wildman–Crippen MR) is 79.9 cm³/mol. The van der Waals surface area contributed by atoms with Gasteiger partial charge in [-0.3, -0.25) is 0 Å². The van der Waals surface area contributed by atoms with Gasteiger partial charge in [-0.05, 0) is 31.9 Å². The van der Waals surface area contributed by atoms with Crippen LogP contribution in [0.2, 0.25) is 0 Å². The molecule has 3 rings (SSSR count). The summed E-state index contributed by atoms with van der Waals surface area (Å²) in [7, 11) is 1.76. The third-order valence-corrected chi connectivity index (χ3v) is 4.32. The molecule has 1 aromatic heterocycles. The molecule has 1 aliphatic rings. The van der Waals surface area contributed by atoms with Crippen LogP contribution in [0.1, 0.15) is 35.4 Å². The van der Waals surface area contributed by atoms with Crippen molar-refractivity contribution in [3.05, 3.63) is 46.6 Å². The quantitative estimate of drug-likeness (QED) is 0.930. The highest BCUT2D eigenvalue weighted by atomic mass is 16.5. The lowest BCUT2D eigenvalue weighted by Crippen LogP contribution is -2.13. The van der Waals surface area contributed by atoms with Crippen LogP contribution in [-0.2, 0) is 11.3 Å². The first-order valence-electron chi connectivity index (χ1n) is 7.06. The second kappa shape index (κ2) is 4.76. The lowest BCUT2D eigenvalue weighted by Gasteiger charge is -2.14. The van der Waals surface area contributed by atoms with E-state index in [0.29, 0.717) is 6.54 Å². The smallest absolute Gasteiger partial charge is 0.110 e. The summed E-state index contributed by atoms with van der Waals surface area (Å²) >= 11 is 0. The minimum absolute atomic E-state index is 0.00940. The van der Waals surface area contributed by atoms with E-state index >= 15 is 0 Å². The molecule has 1 N–H and O–H groups in total. The Hall–Kier alpha value is -1.58. The van der Waals surface area contributed by atoms with Crippen LogP contribution in [0.3, 0.4) is 0 Å². The Morgan fingerprint density at radius 1 is 1.30 bits per heavy atom. The van der Waals surface area contributed by atoms with Crippen LogP contribution in [-0.4, -0.2) is 22.9 Å². The van der Waals surface area contributed by atoms with Gasteiger partial charge in [0.15, 0.2) is 0 Å². The van der Waals surface area contributed by atoms with Crippen LogP contribution in [0, 0.1) is 13.8 Å². The highest BCUT2D eigenvalue weighted by Crippen LogP contribution is 2.48. The highest BCUT2D eigenvalue weighted by Gasteiger charge is 2.34. The largest absolute Gasteiger partial charge is 0.392 e. The van der Waals surface area contributed by atoms with Crippen LogP contribution in [0.4, 0.5) is 0 Å². The molecule has 0 amide bonds. The van der Waals surface area contributed by atoms with Gasteiger partial charge in [0.25, 0.3) is 0 Å². The van der Waals surface area contributed by atoms with Gasteiger partial charge in [-0.1, -0.05) is 24.3 Å². The maximum Gasteiger partial charge on any atom is 0.110 e. The minimum Gasteiger partial charge on any atom is -0.392 e. The zero-order valence-corrected chi connectivity index (χ0v) is 12.5. The second-order valence-corrected chi connectivity index (χ2v) is 5.64. The average molecular weight is 271 g/mol. The summed E-state index contributed by atoms with van der Waals surface area (Å²) in [5.74, 6) is 0. The Morgan fingerprint density at radius 3 is 2.65 bits per heavy atom. The van der Waals surface area contributed by atoms with E-state index in [-0.39, 0.29) is 12.2 Å². The van der Waals surface area contributed by atoms with Crippen LogP contribution >= 0.6 is 0 Å². The van der Waals surface area contributed by atoms with Gasteiger partial charge in [0.05, 0.1) is 11.8 Å². The number of aliphatic hydroxyl groups excluding tert-OH is 1. The third kappa shape index (κ3) is 1.74. The SMILES string of the molecule is COC1c2ccccc2-c2c1c(C)c(C)n2C[C@@H](C)O. The van der Waals surface area contributed by atoms with Crippen molar-refractivity contribution >= 4 is 0 Å². The number of hydrogen-bond donors (Lipinski definition) is 1. The molecule has 0 aliphatic heterocycles. The molecule has 106 valence electrons. The van der Waals surface area contributed by atoms with E-state index in [1.807, 2.05) is 6.92 Å². The normalized spacial score (nSPS) is 17.9. The fourth-order valence-corrected chi connectivity index (χ4v) is 3.33. The molecule has 0 saturated heterocycles. The number of methoxy groups -OCH3 is 1. The number of rotatable bonds is 3. The van der Waals surface area contributed by atoms with Crippen molar-refractivity contribution in [3.8, 4) is 11.3 Å². The van der Waals surface area contributed by atoms with Crippen molar-refractivity contribution in [3.63, 3.8) is 0 Å². The number of aromatic nitrogens is 1. The molecule has 1 aromatic carbocycles. The van der Waals surface area contributed by atoms with Crippen LogP contribution in [0.5, 0.6) is 0 Å². The van der Waals surface area contributed by atoms with E-state index in [1.165, 1.54) is 33.6 Å². The van der Waals surface area contributed by atoms with E-state index in [4.69, 9.17) is 4.74 Å². The predicted octanol–water partition coefficient (Wildman–Crippen LogP) is 3.20. The Bertz CT molecular complexity index is 655. The summed E-state index contributed by atoms with van der Waals surface area (Å²) in [6.07, 6.45) is -0.353. The number of ether oxygens (including phenoxy) is 1. The fourth-order valence-electron chi connectivity index (χ4n) is 3.33. The van der Waals surface area contributed by atoms with Crippen molar-refractivity contribution in [2.24, 2.45) is 0 Å². The molecule has 1 aliphatic carbocycles. The van der Waals surface area contributed by atoms with Crippen LogP contribution in [0.25, 0.3) is 11.3 Å². The van der Waals surface area contributed by atoms with E-state index in [1.54, 1.807) is 7.11 Å². The molecule has 0 spiro atoms. The zero-order chi connectivity index (χ0) is 14.4. The summed E-state index contributed by atoms with van der Waals surface area (Å²) in [5, 5.41) is 9.79. The monoisotopic (exact) mass is 271 g/mol. The molecular weight excluding hydrogens is 250 g/mol. The first-order chi connectivity index (χ1) is 9.56. The van der Waals surface area contributed by atoms with Crippen molar-refractivity contribution in [1.29, 1.82) is 0 Å². The standard InChI is InChI=1S/C17H21NO2/c1-10(19)9-18-12(3)11(2)15-16(18)13-7-5-6-8-14(13)17(15)20-4/h5-8,10,17,19H,9H2,1-4H3/t10-,17?/m1/s1. The summed E-state index contributed by atoms with van der Waals surface area (Å²) in [5.41, 5.74) is 7.40. The molecule has 0 radical (unpaired) electrons. The molecular formula is C17H21NO2. The van der Waals surface area contributed by atoms with Gasteiger partial charge in [-0.25, -0.2) is 0 Å². The number of fused-ring (bicyclic) bond motifs is 3. The van der Waals surface area contributed by atoms with Gasteiger partial charge in [0.2, 0.25) is 0 Å². The molecule has 1 heterocycles. The van der Waals surface area contributed by atoms with Crippen LogP contribution < -0.4 is 0 Å². The first kappa shape index (κ1) is 13.4. The summed E-state index contributed by atoms with van der Waals surface area (Å²) < 4.78 is 7.97. The topological polar surface area (TPSA) is 34.4 Å². The minimum atomic E-state index is -0.363. The van der Waals surface area contributed by atoms with Gasteiger partial charge in [-0.15, -0.1) is 0 Å². The molecule has 2 aromatic rings. The molecule has 20 heavy (non-hydrogen) atoms. The fraction of sp³-hybridized carbons (Fsp3) is 0.412. The summed E-state index contributed by atoms with van der Waals surface area (Å²) in [4.78, 5) is 0. The van der Waals surface area contributed by atoms with Gasteiger partial charge in [0.1, 0.15) is 6.10 Å². The Morgan fingerprint density at radius 2 is 2.00 bits per heavy atom. The highest BCUT2D eigenvalue weighted by molar-refractivity contribution is 5.78. The molecule has 0 saturated carbocycles. The molecule has 0 fully saturated rings. The van der Waals surface area contributed by atoms with Gasteiger partial charge < -0.3 is 14.4 Å². The van der Waals surface area contributed by atoms with E-state index in [9.17, 15) is 5.11 Å². The van der Waals surface area contributed by atoms with Crippen LogP contribution in [0.15, 0.2) is 24.3 Å². The number of hydrogen-bond acceptors (Lipinski definition) is 2. The van der Waals surface area contributed by atoms with Crippen molar-refractivity contribution in [1.82, 2.24) is 4.57 Å². The maximum atomic E-state index is 9.79. The number of aliphatic hydroxyl groups is 1. The van der Waals surface area contributed by atoms with Crippen molar-refractivity contribution in [2.75, 3.05) is 7.11 Å². The third-order valence-electron chi connectivity index (χ3n) is 4.32. The summed E-state index contributed by atoms with van der Waals surface area (Å²) in [6, 6.07) is 8.39. The molecule has 0 bridgehead atoms. The van der Waals surface area contributed by atoms with E-state index in [2.05, 4.69) is 42.7 Å². The molecule has 1 unspecified atom stereocenters. The summed E-state index contributed by atoms with van der Waals surface area (Å²) in [6.45, 7) is 6.71. The number of benzene rings is 1. The molecule has 3 heteroatoms. The van der Waals surface area contributed by atoms with Gasteiger partial charge >= 0.3 is 0 Å². The maximum absolute atomic E-state index is 9.79. The Balaban J connectivity index is 2.28. The second-order valence-electron chi connectivity index (χ2n) is 5.64. The first-order valence-corrected chi connectivity index (χ1v) is 7.06. The Labute approximate surface area is 119 Å². The molecule has 3 nitrogen and oxygen atoms in total. The van der Waals surface area contributed by atoms with Crippen molar-refractivity contribution < 1.29 is 9.84 Å². The molecule has 2 atom stereocenters. The van der Waals surface area contributed by atoms with E-state index < -0.39 is 0 Å². The number of nitrogens with zero attached hydrogens (tertiary/aromatic N) is 1. The van der Waals surface area contributed by atoms with Crippen molar-refractivity contribution in [2.45, 2.75) is 39.5 Å². The van der Waals surface area contributed by atoms with E-state index in [0.717, 1.165) is 0 Å². The van der Waals surface area contributed by atoms with Gasteiger partial charge in [-0.2, -0.15) is 0 Å².